The Bertz CT molecular complexity index is 150. The molecule has 14 heavy (non-hydrogen) atoms. The van der Waals surface area contributed by atoms with Crippen molar-refractivity contribution in [1.29, 1.82) is 0 Å². The highest BCUT2D eigenvalue weighted by Crippen LogP contribution is 2.18. The van der Waals surface area contributed by atoms with Gasteiger partial charge in [-0.25, -0.2) is 0 Å². The molecule has 1 rings (SSSR count). The van der Waals surface area contributed by atoms with E-state index in [1.165, 1.54) is 19.3 Å². The molecule has 1 aliphatic heterocycles. The Balaban J connectivity index is 1.95. The maximum Gasteiger partial charge on any atom is 0.0468 e. The minimum absolute atomic E-state index is 0.874. The summed E-state index contributed by atoms with van der Waals surface area (Å²) in [5.41, 5.74) is 0. The lowest BCUT2D eigenvalue weighted by Gasteiger charge is -2.20. The predicted octanol–water partition coefficient (Wildman–Crippen LogP) is 2.36. The summed E-state index contributed by atoms with van der Waals surface area (Å²) in [4.78, 5) is 0. The van der Waals surface area contributed by atoms with Gasteiger partial charge < -0.3 is 10.1 Å². The quantitative estimate of drug-likeness (QED) is 0.521. The van der Waals surface area contributed by atoms with E-state index < -0.39 is 0 Å². The molecule has 2 heteroatoms. The highest BCUT2D eigenvalue weighted by atomic mass is 16.5. The van der Waals surface area contributed by atoms with E-state index >= 15 is 0 Å². The molecule has 0 aromatic rings. The molecule has 0 bridgehead atoms. The standard InChI is InChI=1S/C12H23NO/c1-2-13-9-5-3-4-6-12-7-10-14-11-8-12/h3-4,12-13H,2,5-11H2,1H3. The first kappa shape index (κ1) is 11.7. The summed E-state index contributed by atoms with van der Waals surface area (Å²) in [6.45, 7) is 6.27. The smallest absolute Gasteiger partial charge is 0.0468 e. The molecular weight excluding hydrogens is 174 g/mol. The minimum atomic E-state index is 0.874. The molecular formula is C12H23NO. The molecule has 1 fully saturated rings. The van der Waals surface area contributed by atoms with Crippen LogP contribution in [-0.4, -0.2) is 26.3 Å². The van der Waals surface area contributed by atoms with Crippen molar-refractivity contribution < 1.29 is 4.74 Å². The van der Waals surface area contributed by atoms with Crippen molar-refractivity contribution in [2.75, 3.05) is 26.3 Å². The molecule has 0 radical (unpaired) electrons. The Morgan fingerprint density at radius 3 is 2.79 bits per heavy atom. The molecule has 0 spiro atoms. The van der Waals surface area contributed by atoms with Crippen molar-refractivity contribution in [3.05, 3.63) is 12.2 Å². The first-order chi connectivity index (χ1) is 6.93. The predicted molar refractivity (Wildman–Crippen MR) is 60.5 cm³/mol. The van der Waals surface area contributed by atoms with Gasteiger partial charge in [0.25, 0.3) is 0 Å². The number of allylic oxidation sites excluding steroid dienone is 1. The number of nitrogens with one attached hydrogen (secondary N) is 1. The van der Waals surface area contributed by atoms with E-state index in [1.807, 2.05) is 0 Å². The van der Waals surface area contributed by atoms with Crippen molar-refractivity contribution in [1.82, 2.24) is 5.32 Å². The Labute approximate surface area is 87.7 Å². The summed E-state index contributed by atoms with van der Waals surface area (Å²) in [6, 6.07) is 0. The van der Waals surface area contributed by atoms with Crippen molar-refractivity contribution in [2.45, 2.75) is 32.6 Å². The first-order valence-corrected chi connectivity index (χ1v) is 5.87. The van der Waals surface area contributed by atoms with Crippen molar-refractivity contribution >= 4 is 0 Å². The zero-order valence-corrected chi connectivity index (χ0v) is 9.30. The third kappa shape index (κ3) is 5.40. The molecule has 1 heterocycles. The van der Waals surface area contributed by atoms with Crippen molar-refractivity contribution in [2.24, 2.45) is 5.92 Å². The zero-order valence-electron chi connectivity index (χ0n) is 9.30. The molecule has 0 aliphatic carbocycles. The molecule has 0 saturated carbocycles. The monoisotopic (exact) mass is 197 g/mol. The third-order valence-corrected chi connectivity index (χ3v) is 2.71. The van der Waals surface area contributed by atoms with Gasteiger partial charge in [0.05, 0.1) is 0 Å². The average molecular weight is 197 g/mol. The first-order valence-electron chi connectivity index (χ1n) is 5.87. The van der Waals surface area contributed by atoms with Gasteiger partial charge in [-0.3, -0.25) is 0 Å². The van der Waals surface area contributed by atoms with Gasteiger partial charge >= 0.3 is 0 Å². The molecule has 82 valence electrons. The summed E-state index contributed by atoms with van der Waals surface area (Å²) >= 11 is 0. The SMILES string of the molecule is CCNCCC=CCC1CCOCC1. The van der Waals surface area contributed by atoms with Crippen LogP contribution in [0.1, 0.15) is 32.6 Å². The van der Waals surface area contributed by atoms with E-state index in [4.69, 9.17) is 4.74 Å². The average Bonchev–Trinajstić information content (AvgIpc) is 2.25. The highest BCUT2D eigenvalue weighted by molar-refractivity contribution is 4.85. The lowest BCUT2D eigenvalue weighted by Crippen LogP contribution is -2.15. The normalized spacial score (nSPS) is 19.2. The van der Waals surface area contributed by atoms with E-state index in [-0.39, 0.29) is 0 Å². The Hall–Kier alpha value is -0.340. The fourth-order valence-corrected chi connectivity index (χ4v) is 1.75. The summed E-state index contributed by atoms with van der Waals surface area (Å²) in [6.07, 6.45) is 9.55. The fraction of sp³-hybridized carbons (Fsp3) is 0.833. The number of rotatable bonds is 6. The molecule has 0 aromatic heterocycles. The van der Waals surface area contributed by atoms with Crippen molar-refractivity contribution in [3.8, 4) is 0 Å². The number of hydrogen-bond donors (Lipinski definition) is 1. The third-order valence-electron chi connectivity index (χ3n) is 2.71. The van der Waals surface area contributed by atoms with Crippen LogP contribution in [0, 0.1) is 5.92 Å². The second kappa shape index (κ2) is 8.01. The molecule has 0 atom stereocenters. The lowest BCUT2D eigenvalue weighted by molar-refractivity contribution is 0.0672. The largest absolute Gasteiger partial charge is 0.381 e. The lowest BCUT2D eigenvalue weighted by atomic mass is 9.96. The van der Waals surface area contributed by atoms with E-state index in [0.717, 1.165) is 38.6 Å². The van der Waals surface area contributed by atoms with E-state index in [2.05, 4.69) is 24.4 Å². The van der Waals surface area contributed by atoms with Gasteiger partial charge in [-0.05, 0) is 44.7 Å². The van der Waals surface area contributed by atoms with Gasteiger partial charge in [0, 0.05) is 13.2 Å². The molecule has 0 aromatic carbocycles. The van der Waals surface area contributed by atoms with E-state index in [9.17, 15) is 0 Å². The van der Waals surface area contributed by atoms with Crippen LogP contribution in [0.3, 0.4) is 0 Å². The Morgan fingerprint density at radius 1 is 1.29 bits per heavy atom. The minimum Gasteiger partial charge on any atom is -0.381 e. The molecule has 1 N–H and O–H groups in total. The maximum atomic E-state index is 5.33. The van der Waals surface area contributed by atoms with Gasteiger partial charge in [0.1, 0.15) is 0 Å². The second-order valence-corrected chi connectivity index (χ2v) is 3.91. The van der Waals surface area contributed by atoms with Crippen LogP contribution in [0.15, 0.2) is 12.2 Å². The zero-order chi connectivity index (χ0) is 10.1. The van der Waals surface area contributed by atoms with Crippen LogP contribution in [-0.2, 0) is 4.74 Å². The highest BCUT2D eigenvalue weighted by Gasteiger charge is 2.11. The van der Waals surface area contributed by atoms with Crippen molar-refractivity contribution in [3.63, 3.8) is 0 Å². The van der Waals surface area contributed by atoms with Crippen LogP contribution >= 0.6 is 0 Å². The number of ether oxygens (including phenoxy) is 1. The van der Waals surface area contributed by atoms with E-state index in [0.29, 0.717) is 0 Å². The Kier molecular flexibility index (Phi) is 6.71. The van der Waals surface area contributed by atoms with Crippen LogP contribution in [0.5, 0.6) is 0 Å². The summed E-state index contributed by atoms with van der Waals surface area (Å²) in [5, 5.41) is 3.32. The maximum absolute atomic E-state index is 5.33. The van der Waals surface area contributed by atoms with Crippen LogP contribution in [0.4, 0.5) is 0 Å². The molecule has 2 nitrogen and oxygen atoms in total. The second-order valence-electron chi connectivity index (χ2n) is 3.91. The van der Waals surface area contributed by atoms with Crippen LogP contribution in [0.25, 0.3) is 0 Å². The summed E-state index contributed by atoms with van der Waals surface area (Å²) < 4.78 is 5.33. The van der Waals surface area contributed by atoms with Gasteiger partial charge in [-0.2, -0.15) is 0 Å². The topological polar surface area (TPSA) is 21.3 Å². The number of hydrogen-bond acceptors (Lipinski definition) is 2. The van der Waals surface area contributed by atoms with Crippen LogP contribution < -0.4 is 5.32 Å². The van der Waals surface area contributed by atoms with Gasteiger partial charge in [0.2, 0.25) is 0 Å². The van der Waals surface area contributed by atoms with Gasteiger partial charge in [-0.15, -0.1) is 0 Å². The van der Waals surface area contributed by atoms with Gasteiger partial charge in [-0.1, -0.05) is 19.1 Å². The molecule has 1 saturated heterocycles. The summed E-state index contributed by atoms with van der Waals surface area (Å²) in [7, 11) is 0. The van der Waals surface area contributed by atoms with Gasteiger partial charge in [0.15, 0.2) is 0 Å². The molecule has 1 aliphatic rings. The molecule has 0 amide bonds. The Morgan fingerprint density at radius 2 is 2.07 bits per heavy atom. The van der Waals surface area contributed by atoms with E-state index in [1.54, 1.807) is 0 Å². The summed E-state index contributed by atoms with van der Waals surface area (Å²) in [5.74, 6) is 0.874. The fourth-order valence-electron chi connectivity index (χ4n) is 1.75. The molecule has 0 unspecified atom stereocenters. The van der Waals surface area contributed by atoms with Crippen LogP contribution in [0.2, 0.25) is 0 Å².